The molecule has 0 saturated carbocycles. The number of benzene rings is 5. The minimum absolute atomic E-state index is 0. The Bertz CT molecular complexity index is 2810. The first-order valence-electron chi connectivity index (χ1n) is 28.7. The first kappa shape index (κ1) is 89.4. The summed E-state index contributed by atoms with van der Waals surface area (Å²) in [6.45, 7) is 18.4. The molecule has 0 radical (unpaired) electrons. The fourth-order valence-corrected chi connectivity index (χ4v) is 10.5. The smallest absolute Gasteiger partial charge is 1.00 e. The number of carbonyl (C=O) groups is 5. The largest absolute Gasteiger partial charge is 1.00 e. The molecule has 5 aromatic rings. The molecular weight excluding hydrogens is 1230 g/mol. The van der Waals surface area contributed by atoms with Crippen molar-refractivity contribution in [3.63, 3.8) is 0 Å². The molecule has 10 rings (SSSR count). The van der Waals surface area contributed by atoms with Crippen molar-refractivity contribution in [1.29, 1.82) is 0 Å². The zero-order valence-electron chi connectivity index (χ0n) is 50.9. The maximum absolute atomic E-state index is 13.0. The number of carboxylic acids is 1. The molecule has 0 unspecified atom stereocenters. The van der Waals surface area contributed by atoms with Crippen LogP contribution in [-0.4, -0.2) is 152 Å². The van der Waals surface area contributed by atoms with Gasteiger partial charge >= 0.3 is 49.9 Å². The normalized spacial score (nSPS) is 14.6. The van der Waals surface area contributed by atoms with Crippen molar-refractivity contribution < 1.29 is 73.3 Å². The molecule has 4 fully saturated rings. The number of ether oxygens (including phenoxy) is 3. The van der Waals surface area contributed by atoms with E-state index in [0.717, 1.165) is 54.7 Å². The number of fused-ring (bicyclic) bond motifs is 1. The van der Waals surface area contributed by atoms with Gasteiger partial charge in [-0.1, -0.05) is 134 Å². The second-order valence-electron chi connectivity index (χ2n) is 21.5. The second kappa shape index (κ2) is 48.0. The number of carboxylic acid groups (broad SMARTS) is 1. The minimum Gasteiger partial charge on any atom is -1.00 e. The van der Waals surface area contributed by atoms with Crippen LogP contribution in [0.25, 0.3) is 0 Å². The van der Waals surface area contributed by atoms with Crippen LogP contribution in [0.1, 0.15) is 184 Å². The van der Waals surface area contributed by atoms with Crippen LogP contribution in [0, 0.1) is 12.8 Å². The van der Waals surface area contributed by atoms with E-state index in [1.54, 1.807) is 43.3 Å². The molecular formula is C69H108AlBBrClLiN5O11. The quantitative estimate of drug-likeness (QED) is 0.0317. The summed E-state index contributed by atoms with van der Waals surface area (Å²) in [5.74, 6) is -2.41. The molecule has 5 aliphatic heterocycles. The van der Waals surface area contributed by atoms with E-state index in [-0.39, 0.29) is 118 Å². The maximum atomic E-state index is 13.0. The van der Waals surface area contributed by atoms with Crippen LogP contribution >= 0.6 is 28.3 Å². The number of likely N-dealkylation sites (tertiary alicyclic amines) is 3. The molecule has 21 heteroatoms. The number of hydrogen-bond donors (Lipinski definition) is 4. The van der Waals surface area contributed by atoms with Crippen molar-refractivity contribution in [3.8, 4) is 0 Å². The molecule has 4 saturated heterocycles. The summed E-state index contributed by atoms with van der Waals surface area (Å²) in [5.41, 5.74) is 9.90. The van der Waals surface area contributed by atoms with Gasteiger partial charge in [-0.2, -0.15) is 0 Å². The van der Waals surface area contributed by atoms with Crippen LogP contribution < -0.4 is 35.0 Å². The molecule has 5 aromatic carbocycles. The number of aromatic carboxylic acids is 1. The number of methoxy groups -OCH3 is 2. The monoisotopic (exact) mass is 1340 g/mol. The van der Waals surface area contributed by atoms with Gasteiger partial charge in [0.15, 0.2) is 17.4 Å². The first-order valence-corrected chi connectivity index (χ1v) is 29.9. The topological polar surface area (TPSA) is 197 Å². The van der Waals surface area contributed by atoms with Gasteiger partial charge in [-0.15, -0.1) is 12.4 Å². The van der Waals surface area contributed by atoms with Crippen molar-refractivity contribution >= 4 is 88.1 Å². The van der Waals surface area contributed by atoms with E-state index in [0.29, 0.717) is 39.9 Å². The summed E-state index contributed by atoms with van der Waals surface area (Å²) in [6, 6.07) is 33.0. The number of nitrogens with zero attached hydrogens (tertiary/aromatic N) is 3. The maximum Gasteiger partial charge on any atom is 1.00 e. The molecule has 0 aliphatic carbocycles. The van der Waals surface area contributed by atoms with E-state index < -0.39 is 25.1 Å². The van der Waals surface area contributed by atoms with Crippen molar-refractivity contribution in [2.24, 2.45) is 5.92 Å². The summed E-state index contributed by atoms with van der Waals surface area (Å²) in [7, 11) is 1.75. The summed E-state index contributed by atoms with van der Waals surface area (Å²) in [6.07, 6.45) is 10.5. The van der Waals surface area contributed by atoms with Crippen molar-refractivity contribution in [2.75, 3.05) is 66.6 Å². The van der Waals surface area contributed by atoms with Gasteiger partial charge in [0.2, 0.25) is 0 Å². The number of alkyl halides is 1. The second-order valence-corrected chi connectivity index (χ2v) is 22.1. The number of halogens is 2. The third kappa shape index (κ3) is 29.4. The van der Waals surface area contributed by atoms with Crippen molar-refractivity contribution in [2.45, 2.75) is 153 Å². The van der Waals surface area contributed by atoms with E-state index >= 15 is 0 Å². The first-order chi connectivity index (χ1) is 39.6. The van der Waals surface area contributed by atoms with Crippen LogP contribution in [0.5, 0.6) is 0 Å². The Morgan fingerprint density at radius 1 is 0.611 bits per heavy atom. The third-order valence-corrected chi connectivity index (χ3v) is 15.6. The number of nitrogens with one attached hydrogen (secondary N) is 2. The molecule has 16 nitrogen and oxygen atoms in total. The number of hydrogen-bond acceptors (Lipinski definition) is 14. The van der Waals surface area contributed by atoms with Gasteiger partial charge in [0.05, 0.1) is 37.5 Å². The number of rotatable bonds is 16. The summed E-state index contributed by atoms with van der Waals surface area (Å²) in [4.78, 5) is 66.0. The van der Waals surface area contributed by atoms with Gasteiger partial charge < -0.3 is 41.1 Å². The third-order valence-electron chi connectivity index (χ3n) is 15.0. The Morgan fingerprint density at radius 2 is 0.989 bits per heavy atom. The van der Waals surface area contributed by atoms with Crippen LogP contribution in [0.2, 0.25) is 0 Å². The standard InChI is InChI=1S/C26H33BN2O5.C13H17NO2.C12H15NO2.C9H9BrO2.C4H9N.5CH4.Al.ClH.Li.4H/c1-17(2)24(28-25(30)22-11-10-21-16-34-27(32)23(21)18(22)3)26(31)33-15-20-8-6-19(7-9-20)14-29-12-4-5-13-29;1-16-13(15)12-6-4-11(5-7-12)10-14-8-2-3-9-14;14-12(15)11-5-3-10(4-6-11)9-13-7-1-2-8-13;1-12-9(11)8-4-2-7(6-10)3-5-8;1-2-4-5-3-1;;;;;;;;;;;;/h6-11,17,24,32H,4-5,12-16H2,1-3H3,(H,28,30);4-7H,2-3,8-10H2,1H3;3-6H,1-2,7-9H2,(H,14,15);2-5H,6H2,1H3;5H,1-4H2;5*1H4;;1H;;;;;/q;;;;;;;;;;;;+1;;;;-1/t24-;;;;;;;;;;;;;;;;/m0................/s1. The fraction of sp³-hybridized carbons (Fsp3) is 0.493. The van der Waals surface area contributed by atoms with E-state index in [1.807, 2.05) is 74.5 Å². The van der Waals surface area contributed by atoms with E-state index in [4.69, 9.17) is 14.5 Å². The minimum atomic E-state index is -1.03. The average molecular weight is 1340 g/mol. The Kier molecular flexibility index (Phi) is 47.6. The Labute approximate surface area is 579 Å². The molecule has 1 atom stereocenters. The van der Waals surface area contributed by atoms with Crippen LogP contribution in [0.4, 0.5) is 0 Å². The van der Waals surface area contributed by atoms with Crippen molar-refractivity contribution in [1.82, 2.24) is 25.3 Å². The Morgan fingerprint density at radius 3 is 1.34 bits per heavy atom. The summed E-state index contributed by atoms with van der Waals surface area (Å²) in [5, 5.41) is 25.7. The van der Waals surface area contributed by atoms with Gasteiger partial charge in [0.1, 0.15) is 12.6 Å². The molecule has 5 aliphatic rings. The van der Waals surface area contributed by atoms with Crippen LogP contribution in [-0.2, 0) is 61.8 Å². The number of esters is 3. The van der Waals surface area contributed by atoms with Gasteiger partial charge in [0.25, 0.3) is 5.91 Å². The molecule has 0 bridgehead atoms. The zero-order chi connectivity index (χ0) is 58.8. The van der Waals surface area contributed by atoms with E-state index in [9.17, 15) is 29.0 Å². The molecule has 5 heterocycles. The van der Waals surface area contributed by atoms with Gasteiger partial charge in [-0.3, -0.25) is 19.5 Å². The van der Waals surface area contributed by atoms with Gasteiger partial charge in [-0.05, 0) is 203 Å². The molecule has 496 valence electrons. The van der Waals surface area contributed by atoms with E-state index in [1.165, 1.54) is 122 Å². The van der Waals surface area contributed by atoms with Crippen molar-refractivity contribution in [3.05, 3.63) is 170 Å². The summed E-state index contributed by atoms with van der Waals surface area (Å²) >= 11 is 3.32. The number of carbonyl (C=O) groups excluding carboxylic acids is 4. The summed E-state index contributed by atoms with van der Waals surface area (Å²) < 4.78 is 20.0. The zero-order valence-corrected chi connectivity index (χ0v) is 52.3. The SMILES string of the molecule is C.C.C.C.C.C1CCNC1.COC(=O)c1ccc(CBr)cc1.COC(=O)c1ccc(CN2CCCC2)cc1.Cc1c(C(=O)N[C@H](C(=O)OCc2ccc(CN3CCCC3)cc2)C(C)C)ccc2c1B(O)OC2.Cl.O=C(O)c1ccc(CN2CCCC2)cc1.[AlH3].[H-].[Li+]. The fourth-order valence-electron chi connectivity index (χ4n) is 10.1. The molecule has 1 amide bonds. The average Bonchev–Trinajstić information content (AvgIpc) is 2.11. The Hall–Kier alpha value is -4.83. The van der Waals surface area contributed by atoms with E-state index in [2.05, 4.69) is 62.9 Å². The van der Waals surface area contributed by atoms with Crippen LogP contribution in [0.15, 0.2) is 109 Å². The molecule has 4 N–H and O–H groups in total. The Balaban J connectivity index is -0.000000564. The predicted molar refractivity (Wildman–Crippen MR) is 375 cm³/mol. The molecule has 0 spiro atoms. The molecule has 90 heavy (non-hydrogen) atoms. The van der Waals surface area contributed by atoms with Crippen LogP contribution in [0.3, 0.4) is 0 Å². The number of amides is 1. The predicted octanol–water partition coefficient (Wildman–Crippen LogP) is 8.63. The van der Waals surface area contributed by atoms with Gasteiger partial charge in [0, 0.05) is 30.5 Å². The van der Waals surface area contributed by atoms with Gasteiger partial charge in [-0.25, -0.2) is 19.2 Å². The molecule has 0 aromatic heterocycles.